The lowest BCUT2D eigenvalue weighted by atomic mass is 9.76. The molecule has 1 fully saturated rings. The fourth-order valence-corrected chi connectivity index (χ4v) is 3.59. The maximum Gasteiger partial charge on any atom is 0.306 e. The molecule has 1 unspecified atom stereocenters. The van der Waals surface area contributed by atoms with Crippen molar-refractivity contribution in [2.45, 2.75) is 44.6 Å². The average molecular weight is 330 g/mol. The second kappa shape index (κ2) is 6.99. The van der Waals surface area contributed by atoms with Gasteiger partial charge in [-0.25, -0.2) is 0 Å². The number of nitrogens with two attached hydrogens (primary N) is 1. The van der Waals surface area contributed by atoms with Gasteiger partial charge in [-0.15, -0.1) is 0 Å². The van der Waals surface area contributed by atoms with Gasteiger partial charge in [-0.1, -0.05) is 42.1 Å². The first kappa shape index (κ1) is 16.6. The lowest BCUT2D eigenvalue weighted by molar-refractivity contribution is -0.143. The molecular weight excluding hydrogens is 309 g/mol. The van der Waals surface area contributed by atoms with Gasteiger partial charge in [0.15, 0.2) is 0 Å². The van der Waals surface area contributed by atoms with Gasteiger partial charge < -0.3 is 10.5 Å². The Balaban J connectivity index is 2.12. The molecule has 3 nitrogen and oxygen atoms in total. The molecule has 2 rings (SSSR count). The van der Waals surface area contributed by atoms with Crippen LogP contribution >= 0.6 is 23.2 Å². The van der Waals surface area contributed by atoms with E-state index in [1.165, 1.54) is 7.11 Å². The van der Waals surface area contributed by atoms with Crippen LogP contribution in [0.5, 0.6) is 0 Å². The van der Waals surface area contributed by atoms with Crippen LogP contribution in [0.3, 0.4) is 0 Å². The summed E-state index contributed by atoms with van der Waals surface area (Å²) in [5, 5.41) is 1.04. The zero-order valence-corrected chi connectivity index (χ0v) is 13.7. The predicted octanol–water partition coefficient (Wildman–Crippen LogP) is 4.51. The van der Waals surface area contributed by atoms with Crippen molar-refractivity contribution in [1.82, 2.24) is 0 Å². The molecule has 2 N–H and O–H groups in total. The smallest absolute Gasteiger partial charge is 0.306 e. The van der Waals surface area contributed by atoms with Gasteiger partial charge in [-0.3, -0.25) is 4.79 Å². The molecule has 1 aromatic rings. The SMILES string of the molecule is COC(=O)CC1(CC(N)c2ccc(Cl)c(Cl)c2)CCCC1. The van der Waals surface area contributed by atoms with E-state index in [2.05, 4.69) is 0 Å². The number of methoxy groups -OCH3 is 1. The van der Waals surface area contributed by atoms with Crippen molar-refractivity contribution < 1.29 is 9.53 Å². The molecule has 0 saturated heterocycles. The van der Waals surface area contributed by atoms with E-state index in [9.17, 15) is 4.79 Å². The van der Waals surface area contributed by atoms with Crippen LogP contribution in [0.2, 0.25) is 10.0 Å². The molecule has 0 aliphatic heterocycles. The largest absolute Gasteiger partial charge is 0.469 e. The summed E-state index contributed by atoms with van der Waals surface area (Å²) in [4.78, 5) is 11.7. The molecule has 0 spiro atoms. The highest BCUT2D eigenvalue weighted by Crippen LogP contribution is 2.47. The van der Waals surface area contributed by atoms with Gasteiger partial charge in [0.25, 0.3) is 0 Å². The summed E-state index contributed by atoms with van der Waals surface area (Å²) < 4.78 is 4.84. The van der Waals surface area contributed by atoms with Crippen molar-refractivity contribution in [2.75, 3.05) is 7.11 Å². The first-order chi connectivity index (χ1) is 9.96. The third-order valence-corrected chi connectivity index (χ3v) is 5.17. The Morgan fingerprint density at radius 3 is 2.57 bits per heavy atom. The Labute approximate surface area is 135 Å². The Morgan fingerprint density at radius 2 is 2.00 bits per heavy atom. The number of benzene rings is 1. The number of ether oxygens (including phenoxy) is 1. The molecule has 1 aliphatic rings. The Kier molecular flexibility index (Phi) is 5.53. The van der Waals surface area contributed by atoms with E-state index >= 15 is 0 Å². The summed E-state index contributed by atoms with van der Waals surface area (Å²) in [6.45, 7) is 0. The number of hydrogen-bond donors (Lipinski definition) is 1. The average Bonchev–Trinajstić information content (AvgIpc) is 2.89. The molecule has 1 aromatic carbocycles. The number of esters is 1. The van der Waals surface area contributed by atoms with E-state index in [-0.39, 0.29) is 17.4 Å². The molecule has 116 valence electrons. The Hall–Kier alpha value is -0.770. The standard InChI is InChI=1S/C16H21Cl2NO2/c1-21-15(20)10-16(6-2-3-7-16)9-14(19)11-4-5-12(17)13(18)8-11/h4-5,8,14H,2-3,6-7,9-10,19H2,1H3. The first-order valence-electron chi connectivity index (χ1n) is 7.23. The third-order valence-electron chi connectivity index (χ3n) is 4.44. The second-order valence-electron chi connectivity index (χ2n) is 5.94. The molecule has 1 saturated carbocycles. The normalized spacial score (nSPS) is 18.5. The Morgan fingerprint density at radius 1 is 1.33 bits per heavy atom. The molecule has 5 heteroatoms. The summed E-state index contributed by atoms with van der Waals surface area (Å²) >= 11 is 12.0. The topological polar surface area (TPSA) is 52.3 Å². The quantitative estimate of drug-likeness (QED) is 0.808. The number of hydrogen-bond acceptors (Lipinski definition) is 3. The van der Waals surface area contributed by atoms with Crippen molar-refractivity contribution in [1.29, 1.82) is 0 Å². The van der Waals surface area contributed by atoms with Crippen molar-refractivity contribution in [2.24, 2.45) is 11.1 Å². The monoisotopic (exact) mass is 329 g/mol. The molecule has 0 heterocycles. The highest BCUT2D eigenvalue weighted by Gasteiger charge is 2.38. The van der Waals surface area contributed by atoms with Gasteiger partial charge in [0.05, 0.1) is 23.6 Å². The van der Waals surface area contributed by atoms with Gasteiger partial charge >= 0.3 is 5.97 Å². The predicted molar refractivity (Wildman–Crippen MR) is 85.5 cm³/mol. The van der Waals surface area contributed by atoms with Gasteiger partial charge in [0.1, 0.15) is 0 Å². The summed E-state index contributed by atoms with van der Waals surface area (Å²) in [5.74, 6) is -0.154. The molecule has 0 bridgehead atoms. The minimum Gasteiger partial charge on any atom is -0.469 e. The van der Waals surface area contributed by atoms with Crippen molar-refractivity contribution in [3.05, 3.63) is 33.8 Å². The summed E-state index contributed by atoms with van der Waals surface area (Å²) in [6, 6.07) is 5.33. The van der Waals surface area contributed by atoms with Gasteiger partial charge in [-0.05, 0) is 42.4 Å². The van der Waals surface area contributed by atoms with Crippen LogP contribution in [0.1, 0.15) is 50.1 Å². The fraction of sp³-hybridized carbons (Fsp3) is 0.562. The van der Waals surface area contributed by atoms with Crippen LogP contribution < -0.4 is 5.73 Å². The highest BCUT2D eigenvalue weighted by atomic mass is 35.5. The molecule has 0 aromatic heterocycles. The van der Waals surface area contributed by atoms with Crippen LogP contribution in [0.4, 0.5) is 0 Å². The van der Waals surface area contributed by atoms with E-state index in [1.54, 1.807) is 6.07 Å². The lowest BCUT2D eigenvalue weighted by Crippen LogP contribution is -2.27. The molecular formula is C16H21Cl2NO2. The summed E-state index contributed by atoms with van der Waals surface area (Å²) in [5.41, 5.74) is 7.26. The van der Waals surface area contributed by atoms with E-state index in [1.807, 2.05) is 12.1 Å². The number of carbonyl (C=O) groups is 1. The van der Waals surface area contributed by atoms with Crippen molar-refractivity contribution >= 4 is 29.2 Å². The van der Waals surface area contributed by atoms with Crippen LogP contribution in [-0.2, 0) is 9.53 Å². The van der Waals surface area contributed by atoms with Crippen LogP contribution in [0.15, 0.2) is 18.2 Å². The first-order valence-corrected chi connectivity index (χ1v) is 7.99. The maximum atomic E-state index is 11.7. The molecule has 1 atom stereocenters. The number of carbonyl (C=O) groups excluding carboxylic acids is 1. The lowest BCUT2D eigenvalue weighted by Gasteiger charge is -2.31. The van der Waals surface area contributed by atoms with Gasteiger partial charge in [-0.2, -0.15) is 0 Å². The zero-order chi connectivity index (χ0) is 15.5. The maximum absolute atomic E-state index is 11.7. The van der Waals surface area contributed by atoms with Gasteiger partial charge in [0.2, 0.25) is 0 Å². The summed E-state index contributed by atoms with van der Waals surface area (Å²) in [7, 11) is 1.43. The van der Waals surface area contributed by atoms with Crippen LogP contribution in [-0.4, -0.2) is 13.1 Å². The van der Waals surface area contributed by atoms with Crippen molar-refractivity contribution in [3.8, 4) is 0 Å². The Bertz CT molecular complexity index is 513. The molecule has 21 heavy (non-hydrogen) atoms. The molecule has 0 amide bonds. The van der Waals surface area contributed by atoms with E-state index < -0.39 is 0 Å². The number of halogens is 2. The number of rotatable bonds is 5. The zero-order valence-electron chi connectivity index (χ0n) is 12.2. The molecule has 1 aliphatic carbocycles. The highest BCUT2D eigenvalue weighted by molar-refractivity contribution is 6.42. The van der Waals surface area contributed by atoms with Crippen LogP contribution in [0.25, 0.3) is 0 Å². The van der Waals surface area contributed by atoms with E-state index in [0.29, 0.717) is 16.5 Å². The molecule has 0 radical (unpaired) electrons. The van der Waals surface area contributed by atoms with Gasteiger partial charge in [0, 0.05) is 6.04 Å². The summed E-state index contributed by atoms with van der Waals surface area (Å²) in [6.07, 6.45) is 5.54. The fourth-order valence-electron chi connectivity index (χ4n) is 3.28. The minimum atomic E-state index is -0.154. The van der Waals surface area contributed by atoms with E-state index in [0.717, 1.165) is 37.7 Å². The van der Waals surface area contributed by atoms with Crippen molar-refractivity contribution in [3.63, 3.8) is 0 Å². The van der Waals surface area contributed by atoms with E-state index in [4.69, 9.17) is 33.7 Å². The second-order valence-corrected chi connectivity index (χ2v) is 6.76. The minimum absolute atomic E-state index is 0.0430. The van der Waals surface area contributed by atoms with Crippen LogP contribution in [0, 0.1) is 5.41 Å². The third kappa shape index (κ3) is 4.12.